The lowest BCUT2D eigenvalue weighted by Crippen LogP contribution is -2.43. The van der Waals surface area contributed by atoms with Crippen LogP contribution in [-0.4, -0.2) is 60.5 Å². The fourth-order valence-corrected chi connectivity index (χ4v) is 3.62. The normalized spacial score (nSPS) is 18.2. The first-order valence-corrected chi connectivity index (χ1v) is 9.81. The molecular weight excluding hydrogens is 354 g/mol. The van der Waals surface area contributed by atoms with Gasteiger partial charge in [-0.1, -0.05) is 6.07 Å². The van der Waals surface area contributed by atoms with Gasteiger partial charge in [-0.2, -0.15) is 5.10 Å². The first-order valence-electron chi connectivity index (χ1n) is 9.81. The second-order valence-corrected chi connectivity index (χ2v) is 7.36. The van der Waals surface area contributed by atoms with Crippen molar-refractivity contribution in [2.45, 2.75) is 25.9 Å². The predicted molar refractivity (Wildman–Crippen MR) is 111 cm³/mol. The highest BCUT2D eigenvalue weighted by Gasteiger charge is 2.25. The summed E-state index contributed by atoms with van der Waals surface area (Å²) >= 11 is 0. The molecule has 0 aliphatic carbocycles. The van der Waals surface area contributed by atoms with E-state index in [1.165, 1.54) is 12.0 Å². The van der Waals surface area contributed by atoms with Gasteiger partial charge in [0.15, 0.2) is 5.96 Å². The van der Waals surface area contributed by atoms with Gasteiger partial charge in [-0.3, -0.25) is 9.67 Å². The largest absolute Gasteiger partial charge is 0.497 e. The molecule has 1 aliphatic heterocycles. The minimum Gasteiger partial charge on any atom is -0.497 e. The van der Waals surface area contributed by atoms with Crippen molar-refractivity contribution in [3.05, 3.63) is 42.2 Å². The molecule has 2 unspecified atom stereocenters. The highest BCUT2D eigenvalue weighted by atomic mass is 16.5. The molecule has 0 amide bonds. The third kappa shape index (κ3) is 5.41. The number of nitrogens with zero attached hydrogens (tertiary/aromatic N) is 4. The molecule has 1 aromatic heterocycles. The monoisotopic (exact) mass is 385 g/mol. The molecule has 1 N–H and O–H groups in total. The van der Waals surface area contributed by atoms with Crippen LogP contribution in [0.15, 0.2) is 41.7 Å². The van der Waals surface area contributed by atoms with Crippen molar-refractivity contribution in [3.63, 3.8) is 0 Å². The van der Waals surface area contributed by atoms with Gasteiger partial charge < -0.3 is 19.7 Å². The van der Waals surface area contributed by atoms with Gasteiger partial charge in [0.05, 0.1) is 19.9 Å². The number of ether oxygens (including phenoxy) is 2. The van der Waals surface area contributed by atoms with Gasteiger partial charge in [-0.15, -0.1) is 0 Å². The summed E-state index contributed by atoms with van der Waals surface area (Å²) in [6.45, 7) is 4.78. The van der Waals surface area contributed by atoms with E-state index in [9.17, 15) is 0 Å². The van der Waals surface area contributed by atoms with E-state index in [0.717, 1.165) is 37.0 Å². The van der Waals surface area contributed by atoms with Crippen LogP contribution in [0.4, 0.5) is 0 Å². The number of nitrogens with one attached hydrogen (secondary N) is 1. The number of hydrogen-bond donors (Lipinski definition) is 1. The third-order valence-electron chi connectivity index (χ3n) is 5.01. The van der Waals surface area contributed by atoms with Crippen molar-refractivity contribution in [3.8, 4) is 11.5 Å². The van der Waals surface area contributed by atoms with E-state index in [4.69, 9.17) is 9.47 Å². The smallest absolute Gasteiger partial charge is 0.193 e. The fraction of sp³-hybridized carbons (Fsp3) is 0.524. The Morgan fingerprint density at radius 2 is 2.21 bits per heavy atom. The highest BCUT2D eigenvalue weighted by Crippen LogP contribution is 2.21. The molecule has 7 heteroatoms. The number of hydrogen-bond acceptors (Lipinski definition) is 4. The van der Waals surface area contributed by atoms with E-state index in [0.29, 0.717) is 12.5 Å². The lowest BCUT2D eigenvalue weighted by Gasteiger charge is -2.23. The molecule has 2 aromatic rings. The van der Waals surface area contributed by atoms with E-state index in [-0.39, 0.29) is 6.10 Å². The zero-order valence-electron chi connectivity index (χ0n) is 17.3. The molecule has 28 heavy (non-hydrogen) atoms. The maximum atomic E-state index is 5.99. The summed E-state index contributed by atoms with van der Waals surface area (Å²) in [6, 6.07) is 7.68. The number of likely N-dealkylation sites (tertiary alicyclic amines) is 1. The number of guanidine groups is 1. The van der Waals surface area contributed by atoms with Crippen LogP contribution in [0.5, 0.6) is 11.5 Å². The van der Waals surface area contributed by atoms with Gasteiger partial charge in [-0.05, 0) is 43.4 Å². The molecule has 0 radical (unpaired) electrons. The Balaban J connectivity index is 1.46. The molecule has 0 spiro atoms. The van der Waals surface area contributed by atoms with E-state index >= 15 is 0 Å². The van der Waals surface area contributed by atoms with E-state index in [2.05, 4.69) is 33.4 Å². The fourth-order valence-electron chi connectivity index (χ4n) is 3.62. The Morgan fingerprint density at radius 3 is 2.93 bits per heavy atom. The van der Waals surface area contributed by atoms with E-state index in [1.807, 2.05) is 49.2 Å². The number of benzene rings is 1. The molecule has 2 atom stereocenters. The van der Waals surface area contributed by atoms with Crippen LogP contribution < -0.4 is 14.8 Å². The topological polar surface area (TPSA) is 63.9 Å². The minimum absolute atomic E-state index is 0.0117. The van der Waals surface area contributed by atoms with Crippen molar-refractivity contribution in [2.75, 3.05) is 33.8 Å². The second kappa shape index (κ2) is 9.48. The Labute approximate surface area is 167 Å². The average molecular weight is 386 g/mol. The van der Waals surface area contributed by atoms with Gasteiger partial charge >= 0.3 is 0 Å². The molecule has 1 saturated heterocycles. The molecule has 2 heterocycles. The highest BCUT2D eigenvalue weighted by molar-refractivity contribution is 5.80. The molecule has 1 aliphatic rings. The minimum atomic E-state index is 0.0117. The first kappa shape index (κ1) is 20.0. The number of methoxy groups -OCH3 is 1. The van der Waals surface area contributed by atoms with Gasteiger partial charge in [-0.25, -0.2) is 0 Å². The molecule has 3 rings (SSSR count). The van der Waals surface area contributed by atoms with Crippen LogP contribution in [0.25, 0.3) is 0 Å². The number of aliphatic imine (C=N–C) groups is 1. The summed E-state index contributed by atoms with van der Waals surface area (Å²) in [4.78, 5) is 6.79. The van der Waals surface area contributed by atoms with Crippen molar-refractivity contribution in [1.82, 2.24) is 20.0 Å². The Morgan fingerprint density at radius 1 is 1.39 bits per heavy atom. The van der Waals surface area contributed by atoms with Crippen molar-refractivity contribution in [2.24, 2.45) is 18.0 Å². The lowest BCUT2D eigenvalue weighted by molar-refractivity contribution is 0.221. The summed E-state index contributed by atoms with van der Waals surface area (Å²) in [5, 5.41) is 7.72. The van der Waals surface area contributed by atoms with Gasteiger partial charge in [0.1, 0.15) is 17.6 Å². The summed E-state index contributed by atoms with van der Waals surface area (Å²) in [5.41, 5.74) is 1.30. The summed E-state index contributed by atoms with van der Waals surface area (Å²) in [6.07, 6.45) is 6.32. The Hall–Kier alpha value is -2.70. The molecule has 7 nitrogen and oxygen atoms in total. The van der Waals surface area contributed by atoms with Crippen molar-refractivity contribution < 1.29 is 9.47 Å². The van der Waals surface area contributed by atoms with E-state index in [1.54, 1.807) is 7.11 Å². The zero-order chi connectivity index (χ0) is 19.9. The Kier molecular flexibility index (Phi) is 6.79. The maximum Gasteiger partial charge on any atom is 0.193 e. The molecule has 152 valence electrons. The summed E-state index contributed by atoms with van der Waals surface area (Å²) in [5.74, 6) is 3.18. The molecule has 0 bridgehead atoms. The van der Waals surface area contributed by atoms with Crippen molar-refractivity contribution >= 4 is 5.96 Å². The van der Waals surface area contributed by atoms with Crippen molar-refractivity contribution in [1.29, 1.82) is 0 Å². The SMILES string of the molecule is CN=C(NCC(C)Oc1cccc(OC)c1)N1CCC(Cc2cnn(C)c2)C1. The van der Waals surface area contributed by atoms with Gasteiger partial charge in [0, 0.05) is 39.4 Å². The number of aryl methyl sites for hydroxylation is 1. The lowest BCUT2D eigenvalue weighted by atomic mass is 10.0. The standard InChI is InChI=1S/C21H31N5O2/c1-16(28-20-7-5-6-19(11-20)27-4)12-23-21(22-2)26-9-8-17(15-26)10-18-13-24-25(3)14-18/h5-7,11,13-14,16-17H,8-10,12,15H2,1-4H3,(H,22,23). The van der Waals surface area contributed by atoms with Crippen LogP contribution in [0, 0.1) is 5.92 Å². The number of aromatic nitrogens is 2. The molecule has 0 saturated carbocycles. The third-order valence-corrected chi connectivity index (χ3v) is 5.01. The molecule has 1 fully saturated rings. The maximum absolute atomic E-state index is 5.99. The zero-order valence-corrected chi connectivity index (χ0v) is 17.3. The van der Waals surface area contributed by atoms with Crippen LogP contribution in [0.2, 0.25) is 0 Å². The second-order valence-electron chi connectivity index (χ2n) is 7.36. The van der Waals surface area contributed by atoms with E-state index < -0.39 is 0 Å². The number of rotatable bonds is 7. The summed E-state index contributed by atoms with van der Waals surface area (Å²) < 4.78 is 13.1. The predicted octanol–water partition coefficient (Wildman–Crippen LogP) is 2.34. The Bertz CT molecular complexity index is 789. The van der Waals surface area contributed by atoms with Crippen LogP contribution in [-0.2, 0) is 13.5 Å². The summed E-state index contributed by atoms with van der Waals surface area (Å²) in [7, 11) is 5.46. The van der Waals surface area contributed by atoms with Crippen LogP contribution >= 0.6 is 0 Å². The molecule has 1 aromatic carbocycles. The first-order chi connectivity index (χ1) is 13.6. The van der Waals surface area contributed by atoms with Crippen LogP contribution in [0.3, 0.4) is 0 Å². The quantitative estimate of drug-likeness (QED) is 0.585. The average Bonchev–Trinajstić information content (AvgIpc) is 3.32. The van der Waals surface area contributed by atoms with Crippen LogP contribution in [0.1, 0.15) is 18.9 Å². The van der Waals surface area contributed by atoms with Gasteiger partial charge in [0.2, 0.25) is 0 Å². The van der Waals surface area contributed by atoms with Gasteiger partial charge in [0.25, 0.3) is 0 Å². The molecular formula is C21H31N5O2.